The summed E-state index contributed by atoms with van der Waals surface area (Å²) in [5.41, 5.74) is 0. The first kappa shape index (κ1) is 15.6. The number of rotatable bonds is 6. The van der Waals surface area contributed by atoms with Gasteiger partial charge in [-0.15, -0.1) is 0 Å². The van der Waals surface area contributed by atoms with E-state index in [2.05, 4.69) is 19.9 Å². The van der Waals surface area contributed by atoms with E-state index in [0.29, 0.717) is 12.4 Å². The molecule has 112 valence electrons. The van der Waals surface area contributed by atoms with Crippen molar-refractivity contribution >= 4 is 27.6 Å². The van der Waals surface area contributed by atoms with Crippen molar-refractivity contribution in [2.75, 3.05) is 50.0 Å². The molecule has 2 N–H and O–H groups in total. The number of nitrogens with zero attached hydrogens (tertiary/aromatic N) is 2. The molecular formula is C12H20N4O2S2. The van der Waals surface area contributed by atoms with Gasteiger partial charge in [-0.1, -0.05) is 0 Å². The third kappa shape index (κ3) is 4.08. The molecule has 8 heteroatoms. The molecule has 0 aromatic carbocycles. The van der Waals surface area contributed by atoms with Crippen molar-refractivity contribution in [3.8, 4) is 0 Å². The fourth-order valence-electron chi connectivity index (χ4n) is 2.04. The summed E-state index contributed by atoms with van der Waals surface area (Å²) in [6, 6.07) is 3.18. The molecule has 1 aromatic rings. The number of anilines is 1. The molecule has 0 amide bonds. The van der Waals surface area contributed by atoms with Crippen molar-refractivity contribution in [2.24, 2.45) is 0 Å². The number of sulfonamides is 1. The molecule has 1 aliphatic rings. The number of thioether (sulfide) groups is 1. The minimum Gasteiger partial charge on any atom is -0.372 e. The monoisotopic (exact) mass is 316 g/mol. The summed E-state index contributed by atoms with van der Waals surface area (Å²) in [5, 5.41) is 2.80. The Morgan fingerprint density at radius 2 is 2.15 bits per heavy atom. The number of pyridine rings is 1. The third-order valence-corrected chi connectivity index (χ3v) is 5.56. The molecule has 2 heterocycles. The lowest BCUT2D eigenvalue weighted by Crippen LogP contribution is -2.39. The average Bonchev–Trinajstić information content (AvgIpc) is 2.48. The van der Waals surface area contributed by atoms with Gasteiger partial charge >= 0.3 is 0 Å². The van der Waals surface area contributed by atoms with Crippen LogP contribution in [0.4, 0.5) is 5.82 Å². The van der Waals surface area contributed by atoms with E-state index in [-0.39, 0.29) is 4.90 Å². The van der Waals surface area contributed by atoms with Gasteiger partial charge in [-0.3, -0.25) is 0 Å². The zero-order valence-electron chi connectivity index (χ0n) is 11.5. The molecule has 0 unspecified atom stereocenters. The first-order valence-corrected chi connectivity index (χ1v) is 9.20. The Morgan fingerprint density at radius 1 is 1.40 bits per heavy atom. The zero-order chi connectivity index (χ0) is 14.4. The van der Waals surface area contributed by atoms with Crippen LogP contribution in [0.15, 0.2) is 23.2 Å². The van der Waals surface area contributed by atoms with E-state index in [1.54, 1.807) is 25.4 Å². The van der Waals surface area contributed by atoms with Gasteiger partial charge in [0.25, 0.3) is 0 Å². The molecule has 1 saturated heterocycles. The van der Waals surface area contributed by atoms with Crippen LogP contribution in [0.5, 0.6) is 0 Å². The van der Waals surface area contributed by atoms with Gasteiger partial charge in [0.05, 0.1) is 0 Å². The van der Waals surface area contributed by atoms with E-state index in [4.69, 9.17) is 0 Å². The highest BCUT2D eigenvalue weighted by Crippen LogP contribution is 2.16. The van der Waals surface area contributed by atoms with Crippen LogP contribution in [0, 0.1) is 0 Å². The smallest absolute Gasteiger partial charge is 0.244 e. The van der Waals surface area contributed by atoms with Gasteiger partial charge in [0.15, 0.2) is 0 Å². The van der Waals surface area contributed by atoms with Gasteiger partial charge in [-0.2, -0.15) is 11.8 Å². The molecular weight excluding hydrogens is 296 g/mol. The molecule has 1 aliphatic heterocycles. The van der Waals surface area contributed by atoms with Crippen molar-refractivity contribution in [1.29, 1.82) is 0 Å². The molecule has 20 heavy (non-hydrogen) atoms. The van der Waals surface area contributed by atoms with E-state index >= 15 is 0 Å². The molecule has 0 saturated carbocycles. The van der Waals surface area contributed by atoms with Gasteiger partial charge in [0, 0.05) is 50.9 Å². The predicted molar refractivity (Wildman–Crippen MR) is 82.7 cm³/mol. The van der Waals surface area contributed by atoms with E-state index in [1.165, 1.54) is 0 Å². The second-order valence-electron chi connectivity index (χ2n) is 4.45. The van der Waals surface area contributed by atoms with Crippen LogP contribution in [0.2, 0.25) is 0 Å². The molecule has 0 radical (unpaired) electrons. The van der Waals surface area contributed by atoms with Gasteiger partial charge < -0.3 is 10.2 Å². The number of hydrogen-bond acceptors (Lipinski definition) is 6. The third-order valence-electron chi connectivity index (χ3n) is 3.12. The molecule has 0 bridgehead atoms. The van der Waals surface area contributed by atoms with Crippen molar-refractivity contribution in [2.45, 2.75) is 4.90 Å². The SMILES string of the molecule is CNc1ncccc1S(=O)(=O)NCCN1CCSCC1. The maximum atomic E-state index is 12.2. The van der Waals surface area contributed by atoms with Gasteiger partial charge in [-0.05, 0) is 12.1 Å². The average molecular weight is 316 g/mol. The zero-order valence-corrected chi connectivity index (χ0v) is 13.1. The summed E-state index contributed by atoms with van der Waals surface area (Å²) < 4.78 is 27.1. The van der Waals surface area contributed by atoms with Crippen molar-refractivity contribution in [1.82, 2.24) is 14.6 Å². The highest BCUT2D eigenvalue weighted by atomic mass is 32.2. The summed E-state index contributed by atoms with van der Waals surface area (Å²) in [7, 11) is -1.85. The van der Waals surface area contributed by atoms with Crippen molar-refractivity contribution in [3.63, 3.8) is 0 Å². The summed E-state index contributed by atoms with van der Waals surface area (Å²) in [4.78, 5) is 6.49. The first-order chi connectivity index (χ1) is 9.63. The summed E-state index contributed by atoms with van der Waals surface area (Å²) >= 11 is 1.94. The topological polar surface area (TPSA) is 74.3 Å². The van der Waals surface area contributed by atoms with Gasteiger partial charge in [-0.25, -0.2) is 18.1 Å². The highest BCUT2D eigenvalue weighted by Gasteiger charge is 2.19. The van der Waals surface area contributed by atoms with Gasteiger partial charge in [0.1, 0.15) is 10.7 Å². The van der Waals surface area contributed by atoms with E-state index in [0.717, 1.165) is 31.1 Å². The van der Waals surface area contributed by atoms with E-state index in [1.807, 2.05) is 11.8 Å². The minimum atomic E-state index is -3.51. The van der Waals surface area contributed by atoms with Crippen molar-refractivity contribution in [3.05, 3.63) is 18.3 Å². The second kappa shape index (κ2) is 7.26. The number of nitrogens with one attached hydrogen (secondary N) is 2. The number of aromatic nitrogens is 1. The fourth-order valence-corrected chi connectivity index (χ4v) is 4.20. The fraction of sp³-hybridized carbons (Fsp3) is 0.583. The molecule has 0 atom stereocenters. The molecule has 2 rings (SSSR count). The quantitative estimate of drug-likeness (QED) is 0.794. The Morgan fingerprint density at radius 3 is 2.85 bits per heavy atom. The largest absolute Gasteiger partial charge is 0.372 e. The lowest BCUT2D eigenvalue weighted by Gasteiger charge is -2.26. The van der Waals surface area contributed by atoms with Crippen LogP contribution in [-0.4, -0.2) is 63.0 Å². The van der Waals surface area contributed by atoms with Crippen LogP contribution >= 0.6 is 11.8 Å². The Labute approximate surface area is 124 Å². The Hall–Kier alpha value is -0.830. The molecule has 0 spiro atoms. The summed E-state index contributed by atoms with van der Waals surface area (Å²) in [6.45, 7) is 3.22. The van der Waals surface area contributed by atoms with Crippen LogP contribution in [-0.2, 0) is 10.0 Å². The van der Waals surface area contributed by atoms with Gasteiger partial charge in [0.2, 0.25) is 10.0 Å². The molecule has 1 aromatic heterocycles. The number of hydrogen-bond donors (Lipinski definition) is 2. The molecule has 0 aliphatic carbocycles. The minimum absolute atomic E-state index is 0.191. The maximum Gasteiger partial charge on any atom is 0.244 e. The van der Waals surface area contributed by atoms with Crippen LogP contribution < -0.4 is 10.0 Å². The Bertz CT molecular complexity index is 530. The van der Waals surface area contributed by atoms with Crippen molar-refractivity contribution < 1.29 is 8.42 Å². The van der Waals surface area contributed by atoms with Crippen LogP contribution in [0.25, 0.3) is 0 Å². The molecule has 1 fully saturated rings. The normalized spacial score (nSPS) is 17.1. The lowest BCUT2D eigenvalue weighted by atomic mass is 10.4. The van der Waals surface area contributed by atoms with E-state index in [9.17, 15) is 8.42 Å². The first-order valence-electron chi connectivity index (χ1n) is 6.56. The Kier molecular flexibility index (Phi) is 5.64. The maximum absolute atomic E-state index is 12.2. The Balaban J connectivity index is 1.93. The predicted octanol–water partition coefficient (Wildman–Crippen LogP) is 0.450. The highest BCUT2D eigenvalue weighted by molar-refractivity contribution is 7.99. The lowest BCUT2D eigenvalue weighted by molar-refractivity contribution is 0.307. The summed E-state index contributed by atoms with van der Waals surface area (Å²) in [5.74, 6) is 2.62. The van der Waals surface area contributed by atoms with E-state index < -0.39 is 10.0 Å². The molecule has 6 nitrogen and oxygen atoms in total. The second-order valence-corrected chi connectivity index (χ2v) is 7.41. The standard InChI is InChI=1S/C12H20N4O2S2/c1-13-12-11(3-2-4-14-12)20(17,18)15-5-6-16-7-9-19-10-8-16/h2-4,15H,5-10H2,1H3,(H,13,14). The summed E-state index contributed by atoms with van der Waals surface area (Å²) in [6.07, 6.45) is 1.57. The van der Waals surface area contributed by atoms with Crippen LogP contribution in [0.3, 0.4) is 0 Å². The van der Waals surface area contributed by atoms with Crippen LogP contribution in [0.1, 0.15) is 0 Å².